The predicted molar refractivity (Wildman–Crippen MR) is 145 cm³/mol. The van der Waals surface area contributed by atoms with Gasteiger partial charge in [0.15, 0.2) is 0 Å². The summed E-state index contributed by atoms with van der Waals surface area (Å²) in [6, 6.07) is 24.6. The van der Waals surface area contributed by atoms with Crippen LogP contribution < -0.4 is 15.4 Å². The summed E-state index contributed by atoms with van der Waals surface area (Å²) in [5.41, 5.74) is 6.11. The second kappa shape index (κ2) is 11.6. The van der Waals surface area contributed by atoms with Crippen molar-refractivity contribution in [2.75, 3.05) is 26.7 Å². The molecule has 2 aliphatic heterocycles. The van der Waals surface area contributed by atoms with Gasteiger partial charge in [-0.2, -0.15) is 0 Å². The van der Waals surface area contributed by atoms with Crippen molar-refractivity contribution in [3.05, 3.63) is 101 Å². The second-order valence-electron chi connectivity index (χ2n) is 9.96. The molecule has 6 nitrogen and oxygen atoms in total. The summed E-state index contributed by atoms with van der Waals surface area (Å²) in [6.45, 7) is 2.27. The Morgan fingerprint density at radius 2 is 1.81 bits per heavy atom. The minimum Gasteiger partial charge on any atom is -0.496 e. The smallest absolute Gasteiger partial charge is 0.245 e. The molecule has 2 amide bonds. The minimum atomic E-state index is -0.581. The van der Waals surface area contributed by atoms with Crippen molar-refractivity contribution in [2.24, 2.45) is 0 Å². The zero-order chi connectivity index (χ0) is 25.6. The van der Waals surface area contributed by atoms with Crippen LogP contribution in [0, 0.1) is 0 Å². The summed E-state index contributed by atoms with van der Waals surface area (Å²) >= 11 is 0. The topological polar surface area (TPSA) is 70.7 Å². The molecule has 0 radical (unpaired) electrons. The molecule has 3 aromatic carbocycles. The summed E-state index contributed by atoms with van der Waals surface area (Å²) in [6.07, 6.45) is 3.89. The molecule has 2 heterocycles. The van der Waals surface area contributed by atoms with Gasteiger partial charge in [-0.15, -0.1) is 0 Å². The van der Waals surface area contributed by atoms with E-state index >= 15 is 0 Å². The van der Waals surface area contributed by atoms with Gasteiger partial charge in [0.2, 0.25) is 12.3 Å². The first-order valence-electron chi connectivity index (χ1n) is 13.2. The van der Waals surface area contributed by atoms with E-state index in [1.807, 2.05) is 35.2 Å². The van der Waals surface area contributed by atoms with Gasteiger partial charge >= 0.3 is 0 Å². The predicted octanol–water partition coefficient (Wildman–Crippen LogP) is 3.99. The van der Waals surface area contributed by atoms with Crippen LogP contribution in [0.2, 0.25) is 0 Å². The molecule has 0 spiro atoms. The van der Waals surface area contributed by atoms with Crippen LogP contribution >= 0.6 is 0 Å². The van der Waals surface area contributed by atoms with E-state index in [-0.39, 0.29) is 11.9 Å². The number of piperidine rings is 1. The fraction of sp³-hybridized carbons (Fsp3) is 0.355. The Morgan fingerprint density at radius 1 is 1.05 bits per heavy atom. The molecule has 6 heteroatoms. The Labute approximate surface area is 219 Å². The van der Waals surface area contributed by atoms with Gasteiger partial charge in [-0.1, -0.05) is 66.7 Å². The number of nitrogens with one attached hydrogen (secondary N) is 2. The number of methoxy groups -OCH3 is 1. The van der Waals surface area contributed by atoms with Crippen LogP contribution in [0.4, 0.5) is 0 Å². The first-order chi connectivity index (χ1) is 18.2. The Hall–Kier alpha value is -3.64. The number of carbonyl (C=O) groups excluding carboxylic acids is 2. The molecule has 2 N–H and O–H groups in total. The average molecular weight is 498 g/mol. The molecule has 192 valence electrons. The normalized spacial score (nSPS) is 18.5. The number of fused-ring (bicyclic) bond motifs is 1. The highest BCUT2D eigenvalue weighted by Gasteiger charge is 2.30. The molecule has 0 aliphatic carbocycles. The SMILES string of the molecule is COc1ccccc1C1CCN(C(=O)[C@@H](Cc2cccc(C3NCCc4ccccc43)c2)NC=O)CC1. The second-order valence-corrected chi connectivity index (χ2v) is 9.96. The third kappa shape index (κ3) is 5.54. The molecule has 0 saturated carbocycles. The van der Waals surface area contributed by atoms with Gasteiger partial charge in [0, 0.05) is 26.1 Å². The molecule has 3 aromatic rings. The van der Waals surface area contributed by atoms with Crippen molar-refractivity contribution in [3.63, 3.8) is 0 Å². The fourth-order valence-corrected chi connectivity index (χ4v) is 5.87. The molecule has 1 fully saturated rings. The maximum absolute atomic E-state index is 13.5. The highest BCUT2D eigenvalue weighted by molar-refractivity contribution is 5.84. The van der Waals surface area contributed by atoms with E-state index in [1.54, 1.807) is 7.11 Å². The lowest BCUT2D eigenvalue weighted by Gasteiger charge is -2.34. The number of ether oxygens (including phenoxy) is 1. The van der Waals surface area contributed by atoms with Crippen LogP contribution in [0.15, 0.2) is 72.8 Å². The van der Waals surface area contributed by atoms with Gasteiger partial charge in [-0.05, 0) is 59.1 Å². The van der Waals surface area contributed by atoms with Gasteiger partial charge in [0.1, 0.15) is 11.8 Å². The van der Waals surface area contributed by atoms with E-state index in [2.05, 4.69) is 53.1 Å². The van der Waals surface area contributed by atoms with Gasteiger partial charge in [0.05, 0.1) is 13.2 Å². The van der Waals surface area contributed by atoms with Crippen molar-refractivity contribution in [1.29, 1.82) is 0 Å². The van der Waals surface area contributed by atoms with Crippen molar-refractivity contribution in [3.8, 4) is 5.75 Å². The minimum absolute atomic E-state index is 0.0166. The molecule has 2 atom stereocenters. The summed E-state index contributed by atoms with van der Waals surface area (Å²) in [7, 11) is 1.70. The summed E-state index contributed by atoms with van der Waals surface area (Å²) < 4.78 is 5.55. The maximum atomic E-state index is 13.5. The molecule has 37 heavy (non-hydrogen) atoms. The number of amides is 2. The number of hydrogen-bond acceptors (Lipinski definition) is 4. The van der Waals surface area contributed by atoms with E-state index in [0.717, 1.165) is 37.1 Å². The highest BCUT2D eigenvalue weighted by Crippen LogP contribution is 2.34. The quantitative estimate of drug-likeness (QED) is 0.462. The summed E-state index contributed by atoms with van der Waals surface area (Å²) in [5, 5.41) is 6.44. The number of nitrogens with zero attached hydrogens (tertiary/aromatic N) is 1. The Balaban J connectivity index is 1.27. The van der Waals surface area contributed by atoms with Gasteiger partial charge in [0.25, 0.3) is 0 Å². The van der Waals surface area contributed by atoms with E-state index in [4.69, 9.17) is 4.74 Å². The van der Waals surface area contributed by atoms with E-state index in [9.17, 15) is 9.59 Å². The zero-order valence-electron chi connectivity index (χ0n) is 21.4. The van der Waals surface area contributed by atoms with E-state index in [1.165, 1.54) is 22.3 Å². The molecule has 0 aromatic heterocycles. The van der Waals surface area contributed by atoms with E-state index in [0.29, 0.717) is 31.8 Å². The Bertz CT molecular complexity index is 1240. The lowest BCUT2D eigenvalue weighted by molar-refractivity contribution is -0.135. The van der Waals surface area contributed by atoms with Crippen LogP contribution in [-0.4, -0.2) is 50.0 Å². The molecule has 2 aliphatic rings. The van der Waals surface area contributed by atoms with Gasteiger partial charge in [-0.25, -0.2) is 0 Å². The standard InChI is InChI=1S/C31H35N3O3/c1-37-29-12-5-4-10-26(29)24-14-17-34(18-15-24)31(36)28(33-21-35)20-22-7-6-9-25(19-22)30-27-11-3-2-8-23(27)13-16-32-30/h2-12,19,21,24,28,30,32H,13-18,20H2,1H3,(H,33,35)/t28-,30?/m1/s1. The molecule has 1 unspecified atom stereocenters. The molecule has 5 rings (SSSR count). The third-order valence-corrected chi connectivity index (χ3v) is 7.79. The third-order valence-electron chi connectivity index (χ3n) is 7.79. The Morgan fingerprint density at radius 3 is 2.59 bits per heavy atom. The summed E-state index contributed by atoms with van der Waals surface area (Å²) in [4.78, 5) is 26.8. The average Bonchev–Trinajstić information content (AvgIpc) is 2.96. The van der Waals surface area contributed by atoms with Crippen LogP contribution in [0.3, 0.4) is 0 Å². The number of likely N-dealkylation sites (tertiary alicyclic amines) is 1. The molecule has 1 saturated heterocycles. The number of para-hydroxylation sites is 1. The molecule has 0 bridgehead atoms. The zero-order valence-corrected chi connectivity index (χ0v) is 21.4. The number of rotatable bonds is 8. The van der Waals surface area contributed by atoms with Crippen LogP contribution in [0.25, 0.3) is 0 Å². The van der Waals surface area contributed by atoms with Crippen molar-refractivity contribution < 1.29 is 14.3 Å². The van der Waals surface area contributed by atoms with Crippen molar-refractivity contribution in [1.82, 2.24) is 15.5 Å². The monoisotopic (exact) mass is 497 g/mol. The largest absolute Gasteiger partial charge is 0.496 e. The highest BCUT2D eigenvalue weighted by atomic mass is 16.5. The number of benzene rings is 3. The first-order valence-corrected chi connectivity index (χ1v) is 13.2. The van der Waals surface area contributed by atoms with Crippen LogP contribution in [0.5, 0.6) is 5.75 Å². The lowest BCUT2D eigenvalue weighted by Crippen LogP contribution is -2.49. The van der Waals surface area contributed by atoms with E-state index < -0.39 is 6.04 Å². The maximum Gasteiger partial charge on any atom is 0.245 e. The van der Waals surface area contributed by atoms with Gasteiger partial charge < -0.3 is 20.3 Å². The van der Waals surface area contributed by atoms with Crippen molar-refractivity contribution in [2.45, 2.75) is 43.7 Å². The number of carbonyl (C=O) groups is 2. The van der Waals surface area contributed by atoms with Crippen LogP contribution in [0.1, 0.15) is 52.6 Å². The summed E-state index contributed by atoms with van der Waals surface area (Å²) in [5.74, 6) is 1.25. The fourth-order valence-electron chi connectivity index (χ4n) is 5.87. The lowest BCUT2D eigenvalue weighted by atomic mass is 9.88. The molecular weight excluding hydrogens is 462 g/mol. The first kappa shape index (κ1) is 25.0. The van der Waals surface area contributed by atoms with Gasteiger partial charge in [-0.3, -0.25) is 9.59 Å². The number of hydrogen-bond donors (Lipinski definition) is 2. The molecular formula is C31H35N3O3. The Kier molecular flexibility index (Phi) is 7.85. The van der Waals surface area contributed by atoms with Crippen LogP contribution in [-0.2, 0) is 22.4 Å². The van der Waals surface area contributed by atoms with Crippen molar-refractivity contribution >= 4 is 12.3 Å².